The topological polar surface area (TPSA) is 156 Å². The molecule has 2 amide bonds. The van der Waals surface area contributed by atoms with E-state index in [1.165, 1.54) is 11.3 Å². The first-order valence-corrected chi connectivity index (χ1v) is 10.3. The van der Waals surface area contributed by atoms with E-state index in [1.807, 2.05) is 6.92 Å². The molecule has 0 spiro atoms. The fourth-order valence-corrected chi connectivity index (χ4v) is 3.53. The lowest BCUT2D eigenvalue weighted by molar-refractivity contribution is -0.113. The Labute approximate surface area is 173 Å². The molecule has 150 valence electrons. The van der Waals surface area contributed by atoms with Gasteiger partial charge in [-0.2, -0.15) is 0 Å². The van der Waals surface area contributed by atoms with Crippen LogP contribution in [0.1, 0.15) is 22.3 Å². The fraction of sp³-hybridized carbons (Fsp3) is 0.176. The van der Waals surface area contributed by atoms with Gasteiger partial charge >= 0.3 is 0 Å². The van der Waals surface area contributed by atoms with Gasteiger partial charge in [0.05, 0.1) is 5.75 Å². The van der Waals surface area contributed by atoms with Gasteiger partial charge < -0.3 is 11.1 Å². The number of H-pyrrole nitrogens is 1. The average molecular weight is 432 g/mol. The largest absolute Gasteiger partial charge is 0.382 e. The molecule has 0 fully saturated rings. The summed E-state index contributed by atoms with van der Waals surface area (Å²) in [4.78, 5) is 43.0. The predicted octanol–water partition coefficient (Wildman–Crippen LogP) is 1.75. The quantitative estimate of drug-likeness (QED) is 0.326. The molecule has 3 aromatic rings. The summed E-state index contributed by atoms with van der Waals surface area (Å²) in [6.45, 7) is 1.94. The Morgan fingerprint density at radius 2 is 1.97 bits per heavy atom. The highest BCUT2D eigenvalue weighted by Crippen LogP contribution is 2.19. The summed E-state index contributed by atoms with van der Waals surface area (Å²) >= 11 is 2.29. The van der Waals surface area contributed by atoms with Crippen molar-refractivity contribution in [3.05, 3.63) is 51.3 Å². The number of hydrogen-bond donors (Lipinski definition) is 4. The van der Waals surface area contributed by atoms with Crippen molar-refractivity contribution in [1.29, 1.82) is 0 Å². The Morgan fingerprint density at radius 1 is 1.21 bits per heavy atom. The Balaban J connectivity index is 1.62. The van der Waals surface area contributed by atoms with Gasteiger partial charge in [-0.05, 0) is 18.6 Å². The molecule has 2 aromatic heterocycles. The van der Waals surface area contributed by atoms with E-state index in [9.17, 15) is 14.4 Å². The summed E-state index contributed by atoms with van der Waals surface area (Å²) in [6.07, 6.45) is 0.736. The number of anilines is 3. The lowest BCUT2D eigenvalue weighted by Crippen LogP contribution is -2.23. The van der Waals surface area contributed by atoms with Crippen molar-refractivity contribution < 1.29 is 9.59 Å². The highest BCUT2D eigenvalue weighted by Gasteiger charge is 2.15. The number of carbonyl (C=O) groups excluding carboxylic acids is 2. The van der Waals surface area contributed by atoms with Crippen LogP contribution in [0.2, 0.25) is 0 Å². The SMILES string of the molecule is CCc1nnc(NC(=O)CSc2nc(N)c(NC(=O)c3ccccc3)c(=O)[nH]2)s1. The number of carbonyl (C=O) groups is 2. The van der Waals surface area contributed by atoms with E-state index in [0.29, 0.717) is 10.7 Å². The summed E-state index contributed by atoms with van der Waals surface area (Å²) in [7, 11) is 0. The minimum Gasteiger partial charge on any atom is -0.382 e. The summed E-state index contributed by atoms with van der Waals surface area (Å²) in [5.41, 5.74) is 5.44. The third-order valence-electron chi connectivity index (χ3n) is 3.56. The average Bonchev–Trinajstić information content (AvgIpc) is 3.17. The molecule has 5 N–H and O–H groups in total. The summed E-state index contributed by atoms with van der Waals surface area (Å²) in [6, 6.07) is 8.40. The van der Waals surface area contributed by atoms with Crippen LogP contribution in [-0.2, 0) is 11.2 Å². The molecule has 0 atom stereocenters. The maximum absolute atomic E-state index is 12.3. The van der Waals surface area contributed by atoms with Crippen molar-refractivity contribution in [2.45, 2.75) is 18.5 Å². The molecule has 29 heavy (non-hydrogen) atoms. The van der Waals surface area contributed by atoms with Gasteiger partial charge in [0.15, 0.2) is 11.0 Å². The lowest BCUT2D eigenvalue weighted by Gasteiger charge is -2.08. The third-order valence-corrected chi connectivity index (χ3v) is 5.41. The molecular formula is C17H17N7O3S2. The monoisotopic (exact) mass is 431 g/mol. The molecule has 1 aromatic carbocycles. The maximum Gasteiger partial charge on any atom is 0.277 e. The molecule has 3 rings (SSSR count). The smallest absolute Gasteiger partial charge is 0.277 e. The van der Waals surface area contributed by atoms with Gasteiger partial charge in [0, 0.05) is 5.56 Å². The lowest BCUT2D eigenvalue weighted by atomic mass is 10.2. The van der Waals surface area contributed by atoms with Crippen LogP contribution in [0.5, 0.6) is 0 Å². The van der Waals surface area contributed by atoms with Gasteiger partial charge in [0.1, 0.15) is 10.7 Å². The Bertz CT molecular complexity index is 1080. The molecule has 0 saturated carbocycles. The van der Waals surface area contributed by atoms with Gasteiger partial charge in [-0.3, -0.25) is 24.7 Å². The summed E-state index contributed by atoms with van der Waals surface area (Å²) < 4.78 is 0. The first-order chi connectivity index (χ1) is 14.0. The van der Waals surface area contributed by atoms with Gasteiger partial charge in [-0.15, -0.1) is 10.2 Å². The van der Waals surface area contributed by atoms with Crippen molar-refractivity contribution in [2.24, 2.45) is 0 Å². The molecule has 0 aliphatic heterocycles. The number of nitrogens with one attached hydrogen (secondary N) is 3. The number of benzene rings is 1. The van der Waals surface area contributed by atoms with Crippen LogP contribution in [0, 0.1) is 0 Å². The number of amides is 2. The minimum atomic E-state index is -0.610. The number of aromatic nitrogens is 4. The molecular weight excluding hydrogens is 414 g/mol. The first-order valence-electron chi connectivity index (χ1n) is 8.47. The van der Waals surface area contributed by atoms with Crippen molar-refractivity contribution in [3.63, 3.8) is 0 Å². The number of nitrogens with zero attached hydrogens (tertiary/aromatic N) is 3. The molecule has 0 unspecified atom stereocenters. The molecule has 0 bridgehead atoms. The molecule has 0 radical (unpaired) electrons. The normalized spacial score (nSPS) is 10.5. The number of rotatable bonds is 7. The van der Waals surface area contributed by atoms with Crippen LogP contribution in [0.3, 0.4) is 0 Å². The van der Waals surface area contributed by atoms with Gasteiger partial charge in [0.25, 0.3) is 11.5 Å². The van der Waals surface area contributed by atoms with Crippen LogP contribution in [-0.4, -0.2) is 37.7 Å². The Hall–Kier alpha value is -3.25. The highest BCUT2D eigenvalue weighted by molar-refractivity contribution is 7.99. The van der Waals surface area contributed by atoms with E-state index in [0.717, 1.165) is 23.2 Å². The van der Waals surface area contributed by atoms with Crippen LogP contribution >= 0.6 is 23.1 Å². The van der Waals surface area contributed by atoms with Crippen molar-refractivity contribution in [1.82, 2.24) is 20.2 Å². The molecule has 2 heterocycles. The zero-order valence-electron chi connectivity index (χ0n) is 15.3. The minimum absolute atomic E-state index is 0.0147. The first kappa shape index (κ1) is 20.5. The van der Waals surface area contributed by atoms with Crippen LogP contribution in [0.4, 0.5) is 16.6 Å². The van der Waals surface area contributed by atoms with Gasteiger partial charge in [-0.25, -0.2) is 4.98 Å². The van der Waals surface area contributed by atoms with Gasteiger partial charge in [-0.1, -0.05) is 48.2 Å². The van der Waals surface area contributed by atoms with Crippen molar-refractivity contribution in [2.75, 3.05) is 22.1 Å². The van der Waals surface area contributed by atoms with Crippen molar-refractivity contribution >= 4 is 51.5 Å². The van der Waals surface area contributed by atoms with E-state index >= 15 is 0 Å². The van der Waals surface area contributed by atoms with Crippen LogP contribution in [0.15, 0.2) is 40.3 Å². The molecule has 10 nitrogen and oxygen atoms in total. The Kier molecular flexibility index (Phi) is 6.57. The van der Waals surface area contributed by atoms with E-state index < -0.39 is 11.5 Å². The second-order valence-electron chi connectivity index (χ2n) is 5.64. The third kappa shape index (κ3) is 5.39. The number of hydrogen-bond acceptors (Lipinski definition) is 9. The van der Waals surface area contributed by atoms with E-state index in [2.05, 4.69) is 30.8 Å². The van der Waals surface area contributed by atoms with Crippen LogP contribution < -0.4 is 21.9 Å². The fourth-order valence-electron chi connectivity index (χ4n) is 2.17. The number of nitrogen functional groups attached to an aromatic ring is 1. The number of nitrogens with two attached hydrogens (primary N) is 1. The summed E-state index contributed by atoms with van der Waals surface area (Å²) in [5, 5.41) is 14.3. The second-order valence-corrected chi connectivity index (χ2v) is 7.67. The van der Waals surface area contributed by atoms with Gasteiger partial charge in [0.2, 0.25) is 11.0 Å². The zero-order chi connectivity index (χ0) is 20.8. The maximum atomic E-state index is 12.3. The van der Waals surface area contributed by atoms with Crippen LogP contribution in [0.25, 0.3) is 0 Å². The predicted molar refractivity (Wildman–Crippen MR) is 112 cm³/mol. The number of thioether (sulfide) groups is 1. The Morgan fingerprint density at radius 3 is 2.62 bits per heavy atom. The summed E-state index contributed by atoms with van der Waals surface area (Å²) in [5.74, 6) is -0.957. The van der Waals surface area contributed by atoms with E-state index in [-0.39, 0.29) is 28.3 Å². The molecule has 12 heteroatoms. The molecule has 0 aliphatic rings. The molecule has 0 aliphatic carbocycles. The number of aromatic amines is 1. The number of aryl methyl sites for hydroxylation is 1. The standard InChI is InChI=1S/C17H17N7O3S2/c1-2-11-23-24-17(29-11)19-10(25)8-28-16-21-13(18)12(15(27)22-16)20-14(26)9-6-4-3-5-7-9/h3-7H,2,8H2,1H3,(H,20,26)(H,19,24,25)(H3,18,21,22,27). The highest BCUT2D eigenvalue weighted by atomic mass is 32.2. The van der Waals surface area contributed by atoms with E-state index in [4.69, 9.17) is 5.73 Å². The second kappa shape index (κ2) is 9.30. The van der Waals surface area contributed by atoms with Crippen molar-refractivity contribution in [3.8, 4) is 0 Å². The zero-order valence-corrected chi connectivity index (χ0v) is 16.9. The van der Waals surface area contributed by atoms with E-state index in [1.54, 1.807) is 30.3 Å². The molecule has 0 saturated heterocycles.